The summed E-state index contributed by atoms with van der Waals surface area (Å²) in [5.41, 5.74) is 0. The van der Waals surface area contributed by atoms with Crippen molar-refractivity contribution in [2.75, 3.05) is 11.5 Å². The summed E-state index contributed by atoms with van der Waals surface area (Å²) >= 11 is 0. The molecule has 0 bridgehead atoms. The van der Waals surface area contributed by atoms with Crippen LogP contribution in [0.2, 0.25) is 0 Å². The van der Waals surface area contributed by atoms with Gasteiger partial charge in [-0.05, 0) is 0 Å². The standard InChI is InChI=1S/C3H8O9S3.3Na/c4-13(5,6)1-3(15(10,11)12)2-14(7,8)9;;;/h3H,1-2H2,(H,4,5,6)(H,7,8,9)(H,10,11,12);;;/q;3*+1/p-3. The molecule has 0 fully saturated rings. The number of hydrogen-bond acceptors (Lipinski definition) is 9. The van der Waals surface area contributed by atoms with E-state index >= 15 is 0 Å². The van der Waals surface area contributed by atoms with Crippen molar-refractivity contribution in [3.05, 3.63) is 0 Å². The van der Waals surface area contributed by atoms with Crippen molar-refractivity contribution < 1.29 is 128 Å². The Kier molecular flexibility index (Phi) is 16.7. The third-order valence-corrected chi connectivity index (χ3v) is 4.38. The molecule has 18 heavy (non-hydrogen) atoms. The molecule has 15 heteroatoms. The molecule has 0 aromatic heterocycles. The predicted molar refractivity (Wildman–Crippen MR) is 42.6 cm³/mol. The summed E-state index contributed by atoms with van der Waals surface area (Å²) in [5, 5.41) is -2.57. The average molecular weight is 350 g/mol. The maximum absolute atomic E-state index is 10.3. The van der Waals surface area contributed by atoms with Crippen molar-refractivity contribution in [2.24, 2.45) is 0 Å². The van der Waals surface area contributed by atoms with Crippen LogP contribution in [0.1, 0.15) is 0 Å². The van der Waals surface area contributed by atoms with E-state index in [1.54, 1.807) is 0 Å². The fraction of sp³-hybridized carbons (Fsp3) is 1.00. The predicted octanol–water partition coefficient (Wildman–Crippen LogP) is -12.0. The Morgan fingerprint density at radius 2 is 0.889 bits per heavy atom. The van der Waals surface area contributed by atoms with Gasteiger partial charge >= 0.3 is 88.7 Å². The van der Waals surface area contributed by atoms with Gasteiger partial charge in [-0.25, -0.2) is 25.3 Å². The number of hydrogen-bond donors (Lipinski definition) is 0. The summed E-state index contributed by atoms with van der Waals surface area (Å²) < 4.78 is 91.7. The largest absolute Gasteiger partial charge is 1.00 e. The van der Waals surface area contributed by atoms with Crippen molar-refractivity contribution in [1.29, 1.82) is 0 Å². The van der Waals surface area contributed by atoms with Crippen LogP contribution >= 0.6 is 0 Å². The van der Waals surface area contributed by atoms with E-state index in [9.17, 15) is 38.9 Å². The van der Waals surface area contributed by atoms with Gasteiger partial charge in [0.1, 0.15) is 0 Å². The monoisotopic (exact) mass is 350 g/mol. The van der Waals surface area contributed by atoms with E-state index in [2.05, 4.69) is 0 Å². The van der Waals surface area contributed by atoms with Gasteiger partial charge in [-0.2, -0.15) is 0 Å². The van der Waals surface area contributed by atoms with Crippen molar-refractivity contribution in [3.8, 4) is 0 Å². The minimum Gasteiger partial charge on any atom is -0.748 e. The van der Waals surface area contributed by atoms with E-state index in [4.69, 9.17) is 0 Å². The van der Waals surface area contributed by atoms with Gasteiger partial charge in [-0.3, -0.25) is 0 Å². The van der Waals surface area contributed by atoms with Crippen LogP contribution in [0.4, 0.5) is 0 Å². The maximum Gasteiger partial charge on any atom is 1.00 e. The molecule has 0 aliphatic rings. The summed E-state index contributed by atoms with van der Waals surface area (Å²) in [6.07, 6.45) is 0. The van der Waals surface area contributed by atoms with Crippen LogP contribution in [0.3, 0.4) is 0 Å². The Hall–Kier alpha value is 2.73. The number of rotatable bonds is 5. The van der Waals surface area contributed by atoms with E-state index in [1.807, 2.05) is 0 Å². The minimum absolute atomic E-state index is 0. The van der Waals surface area contributed by atoms with Crippen LogP contribution in [-0.4, -0.2) is 55.7 Å². The quantitative estimate of drug-likeness (QED) is 0.345. The zero-order valence-corrected chi connectivity index (χ0v) is 18.3. The van der Waals surface area contributed by atoms with Crippen LogP contribution in [-0.2, 0) is 30.4 Å². The van der Waals surface area contributed by atoms with Crippen LogP contribution in [0.25, 0.3) is 0 Å². The first-order valence-electron chi connectivity index (χ1n) is 3.13. The molecule has 92 valence electrons. The van der Waals surface area contributed by atoms with E-state index in [0.29, 0.717) is 0 Å². The molecule has 0 radical (unpaired) electrons. The smallest absolute Gasteiger partial charge is 0.748 e. The Labute approximate surface area is 172 Å². The molecule has 0 unspecified atom stereocenters. The van der Waals surface area contributed by atoms with Gasteiger partial charge in [0.15, 0.2) is 0 Å². The Morgan fingerprint density at radius 1 is 0.667 bits per heavy atom. The second-order valence-electron chi connectivity index (χ2n) is 2.56. The second kappa shape index (κ2) is 10.5. The molecular weight excluding hydrogens is 345 g/mol. The summed E-state index contributed by atoms with van der Waals surface area (Å²) in [6.45, 7) is 0. The molecule has 0 heterocycles. The molecule has 0 spiro atoms. The van der Waals surface area contributed by atoms with Gasteiger partial charge in [-0.15, -0.1) is 0 Å². The fourth-order valence-corrected chi connectivity index (χ4v) is 4.30. The summed E-state index contributed by atoms with van der Waals surface area (Å²) in [7, 11) is -15.6. The Balaban J connectivity index is -0.000000327. The normalized spacial score (nSPS) is 12.0. The van der Waals surface area contributed by atoms with Crippen LogP contribution in [0.15, 0.2) is 0 Å². The summed E-state index contributed by atoms with van der Waals surface area (Å²) in [4.78, 5) is 0. The molecule has 0 saturated carbocycles. The van der Waals surface area contributed by atoms with Gasteiger partial charge in [0.25, 0.3) is 0 Å². The fourth-order valence-electron chi connectivity index (χ4n) is 0.670. The van der Waals surface area contributed by atoms with Gasteiger partial charge in [-0.1, -0.05) is 0 Å². The van der Waals surface area contributed by atoms with Gasteiger partial charge in [0, 0.05) is 0 Å². The Bertz CT molecular complexity index is 485. The van der Waals surface area contributed by atoms with E-state index in [-0.39, 0.29) is 88.7 Å². The van der Waals surface area contributed by atoms with Crippen LogP contribution < -0.4 is 88.7 Å². The third kappa shape index (κ3) is 16.8. The molecule has 0 aliphatic heterocycles. The van der Waals surface area contributed by atoms with E-state index in [0.717, 1.165) is 0 Å². The zero-order valence-electron chi connectivity index (χ0n) is 9.89. The molecule has 9 nitrogen and oxygen atoms in total. The molecule has 0 saturated heterocycles. The summed E-state index contributed by atoms with van der Waals surface area (Å²) in [6, 6.07) is 0. The van der Waals surface area contributed by atoms with Crippen LogP contribution in [0.5, 0.6) is 0 Å². The van der Waals surface area contributed by atoms with Gasteiger partial charge in [0.05, 0.1) is 47.1 Å². The molecular formula is C3H5Na3O9S3. The van der Waals surface area contributed by atoms with E-state index in [1.165, 1.54) is 0 Å². The van der Waals surface area contributed by atoms with Crippen molar-refractivity contribution in [3.63, 3.8) is 0 Å². The molecule has 0 aromatic carbocycles. The van der Waals surface area contributed by atoms with Gasteiger partial charge < -0.3 is 13.7 Å². The SMILES string of the molecule is O=S(=O)([O-])CC(CS(=O)(=O)[O-])S(=O)(=O)[O-].[Na+].[Na+].[Na+]. The summed E-state index contributed by atoms with van der Waals surface area (Å²) in [5.74, 6) is -3.47. The first-order chi connectivity index (χ1) is 6.31. The minimum atomic E-state index is -5.34. The molecule has 0 amide bonds. The maximum atomic E-state index is 10.3. The molecule has 0 atom stereocenters. The average Bonchev–Trinajstić information content (AvgIpc) is 1.75. The molecule has 0 aromatic rings. The first kappa shape index (κ1) is 28.8. The van der Waals surface area contributed by atoms with Crippen molar-refractivity contribution >= 4 is 30.4 Å². The van der Waals surface area contributed by atoms with Crippen molar-refractivity contribution in [2.45, 2.75) is 5.25 Å². The first-order valence-corrected chi connectivity index (χ1v) is 7.76. The van der Waals surface area contributed by atoms with Gasteiger partial charge in [0.2, 0.25) is 0 Å². The molecule has 0 aliphatic carbocycles. The van der Waals surface area contributed by atoms with Crippen molar-refractivity contribution in [1.82, 2.24) is 0 Å². The third-order valence-electron chi connectivity index (χ3n) is 1.19. The Morgan fingerprint density at radius 3 is 1.00 bits per heavy atom. The zero-order chi connectivity index (χ0) is 12.5. The van der Waals surface area contributed by atoms with E-state index < -0.39 is 47.1 Å². The second-order valence-corrected chi connectivity index (χ2v) is 7.11. The molecule has 0 N–H and O–H groups in total. The molecule has 0 rings (SSSR count). The van der Waals surface area contributed by atoms with Crippen LogP contribution in [0, 0.1) is 0 Å². The topological polar surface area (TPSA) is 172 Å².